The number of carbonyl (C=O) groups excluding carboxylic acids is 1. The Hall–Kier alpha value is -2.91. The Bertz CT molecular complexity index is 940. The van der Waals surface area contributed by atoms with Gasteiger partial charge in [0, 0.05) is 30.6 Å². The van der Waals surface area contributed by atoms with Crippen molar-refractivity contribution < 1.29 is 4.79 Å². The molecule has 3 nitrogen and oxygen atoms in total. The van der Waals surface area contributed by atoms with Crippen LogP contribution in [-0.2, 0) is 0 Å². The van der Waals surface area contributed by atoms with Crippen molar-refractivity contribution in [2.24, 2.45) is 0 Å². The van der Waals surface area contributed by atoms with Gasteiger partial charge in [-0.2, -0.15) is 0 Å². The Labute approximate surface area is 186 Å². The predicted octanol–water partition coefficient (Wildman–Crippen LogP) is 5.33. The summed E-state index contributed by atoms with van der Waals surface area (Å²) in [6.45, 7) is 7.07. The average Bonchev–Trinajstić information content (AvgIpc) is 3.22. The van der Waals surface area contributed by atoms with Crippen LogP contribution in [-0.4, -0.2) is 36.5 Å². The molecule has 0 saturated carbocycles. The monoisotopic (exact) mass is 412 g/mol. The minimum Gasteiger partial charge on any atom is -0.348 e. The van der Waals surface area contributed by atoms with E-state index in [4.69, 9.17) is 0 Å². The molecule has 0 aromatic heterocycles. The maximum absolute atomic E-state index is 12.7. The van der Waals surface area contributed by atoms with E-state index in [1.807, 2.05) is 26.0 Å². The number of benzene rings is 3. The fourth-order valence-corrected chi connectivity index (χ4v) is 4.74. The summed E-state index contributed by atoms with van der Waals surface area (Å²) in [5, 5.41) is 3.25. The molecule has 4 rings (SSSR count). The number of hydrogen-bond acceptors (Lipinski definition) is 2. The summed E-state index contributed by atoms with van der Waals surface area (Å²) in [6.07, 6.45) is 2.09. The summed E-state index contributed by atoms with van der Waals surface area (Å²) in [5.74, 6) is 0.441. The van der Waals surface area contributed by atoms with Gasteiger partial charge in [-0.25, -0.2) is 0 Å². The highest BCUT2D eigenvalue weighted by Crippen LogP contribution is 2.28. The minimum atomic E-state index is 0.0464. The Morgan fingerprint density at radius 1 is 0.935 bits per heavy atom. The molecule has 0 spiro atoms. The van der Waals surface area contributed by atoms with Gasteiger partial charge in [0.25, 0.3) is 5.91 Å². The van der Waals surface area contributed by atoms with Crippen molar-refractivity contribution in [3.63, 3.8) is 0 Å². The summed E-state index contributed by atoms with van der Waals surface area (Å²) < 4.78 is 0. The molecule has 31 heavy (non-hydrogen) atoms. The van der Waals surface area contributed by atoms with Crippen LogP contribution in [0.25, 0.3) is 0 Å². The largest absolute Gasteiger partial charge is 0.348 e. The Balaban J connectivity index is 1.35. The van der Waals surface area contributed by atoms with E-state index in [-0.39, 0.29) is 11.9 Å². The zero-order valence-corrected chi connectivity index (χ0v) is 18.6. The third-order valence-corrected chi connectivity index (χ3v) is 6.23. The fourth-order valence-electron chi connectivity index (χ4n) is 4.74. The van der Waals surface area contributed by atoms with Gasteiger partial charge in [0.1, 0.15) is 0 Å². The van der Waals surface area contributed by atoms with Gasteiger partial charge in [0.15, 0.2) is 0 Å². The van der Waals surface area contributed by atoms with Crippen molar-refractivity contribution in [3.05, 3.63) is 107 Å². The molecule has 1 heterocycles. The number of carbonyl (C=O) groups is 1. The molecule has 1 aliphatic heterocycles. The SMILES string of the molecule is Cc1cc(C)cc(C(=O)NC2CCN(CCC(c3ccccc3)c3ccccc3)C2)c1. The third kappa shape index (κ3) is 5.62. The molecule has 1 saturated heterocycles. The highest BCUT2D eigenvalue weighted by molar-refractivity contribution is 5.94. The van der Waals surface area contributed by atoms with E-state index in [9.17, 15) is 4.79 Å². The first kappa shape index (κ1) is 21.3. The van der Waals surface area contributed by atoms with Gasteiger partial charge >= 0.3 is 0 Å². The second kappa shape index (κ2) is 9.93. The number of nitrogens with one attached hydrogen (secondary N) is 1. The molecule has 0 bridgehead atoms. The summed E-state index contributed by atoms with van der Waals surface area (Å²) in [4.78, 5) is 15.2. The standard InChI is InChI=1S/C28H32N2O/c1-21-17-22(2)19-25(18-21)28(31)29-26-13-15-30(20-26)16-14-27(23-9-5-3-6-10-23)24-11-7-4-8-12-24/h3-12,17-19,26-27H,13-16,20H2,1-2H3,(H,29,31). The molecule has 1 fully saturated rings. The predicted molar refractivity (Wildman–Crippen MR) is 128 cm³/mol. The van der Waals surface area contributed by atoms with Crippen LogP contribution < -0.4 is 5.32 Å². The number of amides is 1. The molecule has 3 heteroatoms. The number of hydrogen-bond donors (Lipinski definition) is 1. The summed E-state index contributed by atoms with van der Waals surface area (Å²) in [5.41, 5.74) is 5.77. The molecule has 160 valence electrons. The van der Waals surface area contributed by atoms with Gasteiger partial charge in [-0.3, -0.25) is 4.79 Å². The first-order chi connectivity index (χ1) is 15.1. The first-order valence-corrected chi connectivity index (χ1v) is 11.3. The van der Waals surface area contributed by atoms with Crippen LogP contribution in [0.3, 0.4) is 0 Å². The average molecular weight is 413 g/mol. The molecule has 3 aromatic carbocycles. The van der Waals surface area contributed by atoms with Crippen molar-refractivity contribution >= 4 is 5.91 Å². The minimum absolute atomic E-state index is 0.0464. The van der Waals surface area contributed by atoms with Crippen LogP contribution in [0, 0.1) is 13.8 Å². The van der Waals surface area contributed by atoms with Gasteiger partial charge < -0.3 is 10.2 Å². The molecule has 1 aliphatic rings. The van der Waals surface area contributed by atoms with E-state index >= 15 is 0 Å². The second-order valence-electron chi connectivity index (χ2n) is 8.80. The number of aryl methyl sites for hydroxylation is 2. The fraction of sp³-hybridized carbons (Fsp3) is 0.321. The number of likely N-dealkylation sites (tertiary alicyclic amines) is 1. The lowest BCUT2D eigenvalue weighted by molar-refractivity contribution is 0.0937. The van der Waals surface area contributed by atoms with Crippen molar-refractivity contribution in [3.8, 4) is 0 Å². The van der Waals surface area contributed by atoms with Crippen LogP contribution in [0.1, 0.15) is 51.4 Å². The van der Waals surface area contributed by atoms with E-state index in [1.54, 1.807) is 0 Å². The zero-order chi connectivity index (χ0) is 21.6. The van der Waals surface area contributed by atoms with E-state index < -0.39 is 0 Å². The normalized spacial score (nSPS) is 16.5. The molecule has 1 atom stereocenters. The number of nitrogens with zero attached hydrogens (tertiary/aromatic N) is 1. The van der Waals surface area contributed by atoms with Crippen LogP contribution in [0.2, 0.25) is 0 Å². The van der Waals surface area contributed by atoms with Crippen LogP contribution >= 0.6 is 0 Å². The maximum atomic E-state index is 12.7. The van der Waals surface area contributed by atoms with Crippen molar-refractivity contribution in [1.82, 2.24) is 10.2 Å². The Morgan fingerprint density at radius 2 is 1.52 bits per heavy atom. The van der Waals surface area contributed by atoms with Crippen LogP contribution in [0.4, 0.5) is 0 Å². The lowest BCUT2D eigenvalue weighted by atomic mass is 9.88. The molecule has 1 unspecified atom stereocenters. The highest BCUT2D eigenvalue weighted by Gasteiger charge is 2.25. The quantitative estimate of drug-likeness (QED) is 0.569. The second-order valence-corrected chi connectivity index (χ2v) is 8.80. The van der Waals surface area contributed by atoms with Gasteiger partial charge in [0.05, 0.1) is 0 Å². The maximum Gasteiger partial charge on any atom is 0.251 e. The lowest BCUT2D eigenvalue weighted by Gasteiger charge is -2.22. The van der Waals surface area contributed by atoms with Gasteiger partial charge in [-0.1, -0.05) is 77.9 Å². The van der Waals surface area contributed by atoms with E-state index in [1.165, 1.54) is 11.1 Å². The van der Waals surface area contributed by atoms with Gasteiger partial charge in [-0.15, -0.1) is 0 Å². The van der Waals surface area contributed by atoms with Crippen molar-refractivity contribution in [2.75, 3.05) is 19.6 Å². The van der Waals surface area contributed by atoms with Crippen LogP contribution in [0.5, 0.6) is 0 Å². The molecular formula is C28H32N2O. The van der Waals surface area contributed by atoms with Crippen LogP contribution in [0.15, 0.2) is 78.9 Å². The van der Waals surface area contributed by atoms with E-state index in [0.29, 0.717) is 5.92 Å². The Kier molecular flexibility index (Phi) is 6.83. The van der Waals surface area contributed by atoms with E-state index in [0.717, 1.165) is 49.2 Å². The smallest absolute Gasteiger partial charge is 0.251 e. The highest BCUT2D eigenvalue weighted by atomic mass is 16.1. The molecular weight excluding hydrogens is 380 g/mol. The zero-order valence-electron chi connectivity index (χ0n) is 18.6. The van der Waals surface area contributed by atoms with Gasteiger partial charge in [0.2, 0.25) is 0 Å². The lowest BCUT2D eigenvalue weighted by Crippen LogP contribution is -2.37. The van der Waals surface area contributed by atoms with Crippen molar-refractivity contribution in [1.29, 1.82) is 0 Å². The molecule has 0 radical (unpaired) electrons. The van der Waals surface area contributed by atoms with E-state index in [2.05, 4.69) is 76.9 Å². The molecule has 0 aliphatic carbocycles. The first-order valence-electron chi connectivity index (χ1n) is 11.3. The van der Waals surface area contributed by atoms with Crippen molar-refractivity contribution in [2.45, 2.75) is 38.6 Å². The number of rotatable bonds is 7. The molecule has 1 N–H and O–H groups in total. The molecule has 3 aromatic rings. The summed E-state index contributed by atoms with van der Waals surface area (Å²) in [7, 11) is 0. The van der Waals surface area contributed by atoms with Gasteiger partial charge in [-0.05, 0) is 56.5 Å². The summed E-state index contributed by atoms with van der Waals surface area (Å²) >= 11 is 0. The molecule has 1 amide bonds. The topological polar surface area (TPSA) is 32.3 Å². The summed E-state index contributed by atoms with van der Waals surface area (Å²) in [6, 6.07) is 27.8. The third-order valence-electron chi connectivity index (χ3n) is 6.23. The Morgan fingerprint density at radius 3 is 2.10 bits per heavy atom.